The summed E-state index contributed by atoms with van der Waals surface area (Å²) in [7, 11) is 1.59. The Labute approximate surface area is 314 Å². The average Bonchev–Trinajstić information content (AvgIpc) is 3.79. The van der Waals surface area contributed by atoms with E-state index in [1.165, 1.54) is 21.0 Å². The van der Waals surface area contributed by atoms with Crippen LogP contribution >= 0.6 is 11.3 Å². The fourth-order valence-corrected chi connectivity index (χ4v) is 8.28. The Bertz CT molecular complexity index is 2230. The summed E-state index contributed by atoms with van der Waals surface area (Å²) >= 11 is 1.42. The van der Waals surface area contributed by atoms with Crippen LogP contribution in [0.5, 0.6) is 5.75 Å². The minimum Gasteiger partial charge on any atom is -0.497 e. The summed E-state index contributed by atoms with van der Waals surface area (Å²) in [4.78, 5) is 66.0. The van der Waals surface area contributed by atoms with Crippen molar-refractivity contribution in [3.63, 3.8) is 0 Å². The molecule has 2 aliphatic heterocycles. The van der Waals surface area contributed by atoms with E-state index < -0.39 is 47.4 Å². The molecule has 0 unspecified atom stereocenters. The highest BCUT2D eigenvalue weighted by atomic mass is 32.1. The maximum Gasteiger partial charge on any atom is 0.330 e. The molecule has 1 saturated carbocycles. The van der Waals surface area contributed by atoms with Crippen molar-refractivity contribution in [3.05, 3.63) is 84.0 Å². The fourth-order valence-electron chi connectivity index (χ4n) is 7.65. The van der Waals surface area contributed by atoms with Gasteiger partial charge in [0, 0.05) is 53.1 Å². The van der Waals surface area contributed by atoms with Crippen LogP contribution in [0.4, 0.5) is 0 Å². The van der Waals surface area contributed by atoms with Crippen molar-refractivity contribution < 1.29 is 29.0 Å². The normalized spacial score (nSPS) is 25.2. The minimum atomic E-state index is -1.45. The molecule has 54 heavy (non-hydrogen) atoms. The molecule has 5 atom stereocenters. The molecule has 2 aromatic carbocycles. The number of para-hydroxylation sites is 1. The summed E-state index contributed by atoms with van der Waals surface area (Å²) in [5.74, 6) is -2.17. The summed E-state index contributed by atoms with van der Waals surface area (Å²) in [6.07, 6.45) is 11.0. The first-order valence-corrected chi connectivity index (χ1v) is 19.0. The predicted octanol–water partition coefficient (Wildman–Crippen LogP) is 4.98. The first-order valence-electron chi connectivity index (χ1n) is 18.2. The fraction of sp³-hybridized carbons (Fsp3) is 0.359. The van der Waals surface area contributed by atoms with E-state index in [9.17, 15) is 24.3 Å². The van der Waals surface area contributed by atoms with Crippen LogP contribution < -0.4 is 15.4 Å². The van der Waals surface area contributed by atoms with Gasteiger partial charge < -0.3 is 30.4 Å². The molecule has 14 nitrogen and oxygen atoms in total. The van der Waals surface area contributed by atoms with Gasteiger partial charge in [-0.15, -0.1) is 16.4 Å². The van der Waals surface area contributed by atoms with E-state index in [1.807, 2.05) is 66.1 Å². The quantitative estimate of drug-likeness (QED) is 0.167. The maximum absolute atomic E-state index is 14.7. The van der Waals surface area contributed by atoms with Crippen molar-refractivity contribution in [2.75, 3.05) is 13.7 Å². The number of hydrogen-bond donors (Lipinski definition) is 4. The Balaban J connectivity index is 1.14. The number of nitrogens with zero attached hydrogens (tertiary/aromatic N) is 5. The minimum absolute atomic E-state index is 0.0633. The number of carboxylic acid groups (broad SMARTS) is 1. The Hall–Kier alpha value is -5.83. The number of allylic oxidation sites excluding steroid dienone is 1. The van der Waals surface area contributed by atoms with E-state index in [1.54, 1.807) is 19.5 Å². The zero-order valence-electron chi connectivity index (χ0n) is 29.6. The highest BCUT2D eigenvalue weighted by Gasteiger charge is 2.61. The van der Waals surface area contributed by atoms with Crippen molar-refractivity contribution in [2.24, 2.45) is 5.92 Å². The van der Waals surface area contributed by atoms with Crippen LogP contribution in [0.15, 0.2) is 78.5 Å². The van der Waals surface area contributed by atoms with Gasteiger partial charge in [0.2, 0.25) is 11.8 Å². The Morgan fingerprint density at radius 1 is 1.06 bits per heavy atom. The van der Waals surface area contributed by atoms with Crippen LogP contribution in [0, 0.1) is 5.92 Å². The van der Waals surface area contributed by atoms with Crippen molar-refractivity contribution in [1.29, 1.82) is 0 Å². The molecule has 3 amide bonds. The number of fused-ring (bicyclic) bond motifs is 3. The largest absolute Gasteiger partial charge is 0.497 e. The Morgan fingerprint density at radius 2 is 1.87 bits per heavy atom. The van der Waals surface area contributed by atoms with E-state index >= 15 is 0 Å². The van der Waals surface area contributed by atoms with E-state index in [4.69, 9.17) is 14.9 Å². The van der Waals surface area contributed by atoms with Gasteiger partial charge in [-0.1, -0.05) is 43.2 Å². The number of methoxy groups -OCH3 is 1. The van der Waals surface area contributed by atoms with Crippen molar-refractivity contribution in [2.45, 2.75) is 68.6 Å². The number of benzene rings is 2. The van der Waals surface area contributed by atoms with Gasteiger partial charge in [-0.25, -0.2) is 9.78 Å². The molecule has 8 rings (SSSR count). The lowest BCUT2D eigenvalue weighted by Gasteiger charge is -2.29. The van der Waals surface area contributed by atoms with Crippen molar-refractivity contribution in [1.82, 2.24) is 40.5 Å². The topological polar surface area (TPSA) is 184 Å². The van der Waals surface area contributed by atoms with E-state index in [2.05, 4.69) is 20.6 Å². The number of rotatable bonds is 7. The molecule has 278 valence electrons. The van der Waals surface area contributed by atoms with Gasteiger partial charge in [-0.3, -0.25) is 14.4 Å². The van der Waals surface area contributed by atoms with E-state index in [0.717, 1.165) is 35.7 Å². The molecule has 3 aliphatic rings. The van der Waals surface area contributed by atoms with Crippen LogP contribution in [-0.2, 0) is 14.4 Å². The van der Waals surface area contributed by atoms with E-state index in [-0.39, 0.29) is 25.3 Å². The van der Waals surface area contributed by atoms with Crippen LogP contribution in [-0.4, -0.2) is 89.9 Å². The third kappa shape index (κ3) is 6.63. The molecule has 4 N–H and O–H groups in total. The highest BCUT2D eigenvalue weighted by molar-refractivity contribution is 7.13. The summed E-state index contributed by atoms with van der Waals surface area (Å²) in [6.45, 7) is 0.0633. The maximum atomic E-state index is 14.7. The van der Waals surface area contributed by atoms with Gasteiger partial charge in [0.1, 0.15) is 39.8 Å². The van der Waals surface area contributed by atoms with Gasteiger partial charge in [0.25, 0.3) is 5.91 Å². The smallest absolute Gasteiger partial charge is 0.330 e. The van der Waals surface area contributed by atoms with Crippen LogP contribution in [0.1, 0.15) is 61.3 Å². The van der Waals surface area contributed by atoms with Gasteiger partial charge >= 0.3 is 5.97 Å². The highest BCUT2D eigenvalue weighted by Crippen LogP contribution is 2.46. The number of aromatic amines is 1. The number of aromatic nitrogens is 5. The van der Waals surface area contributed by atoms with Crippen molar-refractivity contribution in [3.8, 4) is 27.7 Å². The second-order valence-corrected chi connectivity index (χ2v) is 15.0. The van der Waals surface area contributed by atoms with Crippen LogP contribution in [0.3, 0.4) is 0 Å². The molecule has 3 aromatic heterocycles. The molecule has 5 aromatic rings. The molecular weight excluding hydrogens is 709 g/mol. The third-order valence-electron chi connectivity index (χ3n) is 10.7. The van der Waals surface area contributed by atoms with Gasteiger partial charge in [-0.2, -0.15) is 9.90 Å². The van der Waals surface area contributed by atoms with Gasteiger partial charge in [-0.05, 0) is 56.0 Å². The number of aliphatic carboxylic acids is 1. The predicted molar refractivity (Wildman–Crippen MR) is 201 cm³/mol. The summed E-state index contributed by atoms with van der Waals surface area (Å²) < 4.78 is 5.35. The second-order valence-electron chi connectivity index (χ2n) is 14.1. The zero-order valence-corrected chi connectivity index (χ0v) is 30.4. The third-order valence-corrected chi connectivity index (χ3v) is 11.5. The van der Waals surface area contributed by atoms with E-state index in [0.29, 0.717) is 40.6 Å². The molecule has 1 aliphatic carbocycles. The van der Waals surface area contributed by atoms with Crippen LogP contribution in [0.2, 0.25) is 0 Å². The number of hydrogen-bond acceptors (Lipinski definition) is 9. The SMILES string of the molecule is COc1ccc(-c2nn([C@@H]3C[C@H]4C(=O)N[C@]5(C(=O)O)C[C@@H]5/C=C\CCCCC[C@H](NC(=O)c5c[nH]c6ccccc56)C(=O)N4C3)nc2-c2nccs2)cc1. The summed E-state index contributed by atoms with van der Waals surface area (Å²) in [5.41, 5.74) is 1.67. The van der Waals surface area contributed by atoms with Crippen molar-refractivity contribution >= 4 is 45.9 Å². The number of carbonyl (C=O) groups excluding carboxylic acids is 3. The number of nitrogens with one attached hydrogen (secondary N) is 3. The molecule has 1 saturated heterocycles. The molecule has 0 bridgehead atoms. The first kappa shape index (κ1) is 35.2. The Kier molecular flexibility index (Phi) is 9.48. The molecule has 0 spiro atoms. The van der Waals surface area contributed by atoms with Crippen LogP contribution in [0.25, 0.3) is 32.9 Å². The molecule has 0 radical (unpaired) electrons. The molecular formula is C39H40N8O6S. The standard InChI is InChI=1S/C39H40N8O6S/c1-53-26-15-13-23(14-16-26)32-33(36-40-17-18-54-36)45-47(44-32)25-19-31-35(49)43-39(38(51)52)20-24(39)9-5-3-2-4-6-12-30(37(50)46(31)22-25)42-34(48)28-21-41-29-11-8-7-10-27(28)29/h5,7-11,13-18,21,24-25,30-31,41H,2-4,6,12,19-20,22H2,1H3,(H,42,48)(H,43,49)(H,51,52)/b9-5-/t24-,25+,30-,31-,39+/m0/s1. The Morgan fingerprint density at radius 3 is 2.65 bits per heavy atom. The van der Waals surface area contributed by atoms with Gasteiger partial charge in [0.15, 0.2) is 0 Å². The zero-order chi connectivity index (χ0) is 37.4. The number of amides is 3. The number of thiazole rings is 1. The van der Waals surface area contributed by atoms with Gasteiger partial charge in [0.05, 0.1) is 18.7 Å². The monoisotopic (exact) mass is 748 g/mol. The number of ether oxygens (including phenoxy) is 1. The average molecular weight is 749 g/mol. The number of H-pyrrole nitrogens is 1. The lowest BCUT2D eigenvalue weighted by molar-refractivity contribution is -0.145. The lowest BCUT2D eigenvalue weighted by Crippen LogP contribution is -2.56. The molecule has 5 heterocycles. The number of carboxylic acids is 1. The second kappa shape index (κ2) is 14.5. The lowest BCUT2D eigenvalue weighted by atomic mass is 10.0. The first-order chi connectivity index (χ1) is 26.3. The number of carbonyl (C=O) groups is 4. The molecule has 2 fully saturated rings. The summed E-state index contributed by atoms with van der Waals surface area (Å²) in [6, 6.07) is 12.4. The summed E-state index contributed by atoms with van der Waals surface area (Å²) in [5, 5.41) is 29.1. The molecule has 15 heteroatoms.